The highest BCUT2D eigenvalue weighted by molar-refractivity contribution is 5.77. The van der Waals surface area contributed by atoms with E-state index in [1.165, 1.54) is 0 Å². The Hall–Kier alpha value is -2.44. The summed E-state index contributed by atoms with van der Waals surface area (Å²) in [4.78, 5) is 24.2. The van der Waals surface area contributed by atoms with Gasteiger partial charge in [-0.1, -0.05) is 6.07 Å². The van der Waals surface area contributed by atoms with E-state index in [0.717, 1.165) is 10.5 Å². The highest BCUT2D eigenvalue weighted by Gasteiger charge is 2.24. The van der Waals surface area contributed by atoms with Crippen LogP contribution in [-0.2, 0) is 16.1 Å². The number of carboxylic acids is 1. The molecule has 1 aromatic rings. The number of rotatable bonds is 4. The fraction of sp³-hybridized carbons (Fsp3) is 0.467. The second-order valence-electron chi connectivity index (χ2n) is 5.92. The number of benzene rings is 1. The van der Waals surface area contributed by atoms with Gasteiger partial charge in [-0.05, 0) is 38.5 Å². The minimum absolute atomic E-state index is 0.109. The van der Waals surface area contributed by atoms with Crippen molar-refractivity contribution in [3.8, 4) is 11.5 Å². The molecule has 0 aliphatic carbocycles. The lowest BCUT2D eigenvalue weighted by molar-refractivity contribution is -0.138. The van der Waals surface area contributed by atoms with Gasteiger partial charge in [0.05, 0.1) is 0 Å². The third-order valence-corrected chi connectivity index (χ3v) is 2.79. The van der Waals surface area contributed by atoms with E-state index in [1.54, 1.807) is 39.0 Å². The second kappa shape index (κ2) is 6.13. The highest BCUT2D eigenvalue weighted by atomic mass is 16.7. The first-order valence-electron chi connectivity index (χ1n) is 6.83. The van der Waals surface area contributed by atoms with Gasteiger partial charge in [0.15, 0.2) is 11.5 Å². The van der Waals surface area contributed by atoms with Crippen LogP contribution in [0.5, 0.6) is 11.5 Å². The molecule has 1 aromatic carbocycles. The molecule has 0 bridgehead atoms. The molecule has 1 heterocycles. The maximum absolute atomic E-state index is 12.1. The zero-order valence-electron chi connectivity index (χ0n) is 12.8. The van der Waals surface area contributed by atoms with Crippen LogP contribution in [0.25, 0.3) is 0 Å². The summed E-state index contributed by atoms with van der Waals surface area (Å²) in [6.07, 6.45) is -0.674. The Bertz CT molecular complexity index is 578. The lowest BCUT2D eigenvalue weighted by Crippen LogP contribution is -2.39. The van der Waals surface area contributed by atoms with Gasteiger partial charge in [-0.25, -0.2) is 4.79 Å². The molecular weight excluding hydrogens is 290 g/mol. The number of aliphatic carboxylic acids is 1. The zero-order chi connectivity index (χ0) is 16.3. The van der Waals surface area contributed by atoms with E-state index in [-0.39, 0.29) is 13.3 Å². The Morgan fingerprint density at radius 2 is 1.95 bits per heavy atom. The van der Waals surface area contributed by atoms with Crippen molar-refractivity contribution in [2.45, 2.75) is 32.9 Å². The number of carbonyl (C=O) groups is 2. The van der Waals surface area contributed by atoms with Crippen molar-refractivity contribution >= 4 is 12.1 Å². The molecule has 22 heavy (non-hydrogen) atoms. The van der Waals surface area contributed by atoms with Gasteiger partial charge in [-0.3, -0.25) is 9.69 Å². The Kier molecular flexibility index (Phi) is 4.44. The standard InChI is InChI=1S/C15H19NO6/c1-15(2,3)22-14(19)16(8-13(17)18)7-10-4-5-11-12(6-10)21-9-20-11/h4-6H,7-9H2,1-3H3,(H,17,18). The predicted molar refractivity (Wildman–Crippen MR) is 76.8 cm³/mol. The summed E-state index contributed by atoms with van der Waals surface area (Å²) >= 11 is 0. The molecule has 7 nitrogen and oxygen atoms in total. The molecule has 120 valence electrons. The maximum atomic E-state index is 12.1. The van der Waals surface area contributed by atoms with Crippen molar-refractivity contribution < 1.29 is 28.9 Å². The van der Waals surface area contributed by atoms with E-state index in [1.807, 2.05) is 0 Å². The predicted octanol–water partition coefficient (Wildman–Crippen LogP) is 2.24. The van der Waals surface area contributed by atoms with Crippen LogP contribution in [0.3, 0.4) is 0 Å². The Balaban J connectivity index is 2.12. The lowest BCUT2D eigenvalue weighted by atomic mass is 10.2. The van der Waals surface area contributed by atoms with E-state index in [9.17, 15) is 9.59 Å². The zero-order valence-corrected chi connectivity index (χ0v) is 12.8. The van der Waals surface area contributed by atoms with Gasteiger partial charge in [-0.2, -0.15) is 0 Å². The molecule has 0 spiro atoms. The van der Waals surface area contributed by atoms with Gasteiger partial charge in [-0.15, -0.1) is 0 Å². The molecule has 2 rings (SSSR count). The van der Waals surface area contributed by atoms with Gasteiger partial charge < -0.3 is 19.3 Å². The summed E-state index contributed by atoms with van der Waals surface area (Å²) in [6, 6.07) is 5.21. The summed E-state index contributed by atoms with van der Waals surface area (Å²) in [7, 11) is 0. The first kappa shape index (κ1) is 15.9. The number of hydrogen-bond donors (Lipinski definition) is 1. The summed E-state index contributed by atoms with van der Waals surface area (Å²) < 4.78 is 15.7. The number of hydrogen-bond acceptors (Lipinski definition) is 5. The number of nitrogens with zero attached hydrogens (tertiary/aromatic N) is 1. The topological polar surface area (TPSA) is 85.3 Å². The van der Waals surface area contributed by atoms with Crippen LogP contribution in [0.15, 0.2) is 18.2 Å². The average molecular weight is 309 g/mol. The van der Waals surface area contributed by atoms with Crippen LogP contribution in [-0.4, -0.2) is 41.0 Å². The van der Waals surface area contributed by atoms with Gasteiger partial charge in [0.2, 0.25) is 6.79 Å². The number of carbonyl (C=O) groups excluding carboxylic acids is 1. The summed E-state index contributed by atoms with van der Waals surface area (Å²) in [5.74, 6) is 0.106. The summed E-state index contributed by atoms with van der Waals surface area (Å²) in [5, 5.41) is 8.97. The van der Waals surface area contributed by atoms with Crippen molar-refractivity contribution in [3.63, 3.8) is 0 Å². The van der Waals surface area contributed by atoms with E-state index in [2.05, 4.69) is 0 Å². The summed E-state index contributed by atoms with van der Waals surface area (Å²) in [6.45, 7) is 5.00. The Labute approximate surface area is 128 Å². The minimum Gasteiger partial charge on any atom is -0.480 e. The highest BCUT2D eigenvalue weighted by Crippen LogP contribution is 2.32. The molecule has 7 heteroatoms. The van der Waals surface area contributed by atoms with Gasteiger partial charge in [0.25, 0.3) is 0 Å². The number of carboxylic acid groups (broad SMARTS) is 1. The minimum atomic E-state index is -1.10. The smallest absolute Gasteiger partial charge is 0.411 e. The lowest BCUT2D eigenvalue weighted by Gasteiger charge is -2.26. The van der Waals surface area contributed by atoms with Crippen LogP contribution in [0.2, 0.25) is 0 Å². The molecular formula is C15H19NO6. The van der Waals surface area contributed by atoms with Crippen LogP contribution >= 0.6 is 0 Å². The van der Waals surface area contributed by atoms with Crippen molar-refractivity contribution in [2.24, 2.45) is 0 Å². The molecule has 0 saturated heterocycles. The number of amides is 1. The molecule has 1 aliphatic heterocycles. The summed E-state index contributed by atoms with van der Waals surface area (Å²) in [5.41, 5.74) is 0.0410. The largest absolute Gasteiger partial charge is 0.480 e. The van der Waals surface area contributed by atoms with E-state index in [0.29, 0.717) is 11.5 Å². The van der Waals surface area contributed by atoms with Gasteiger partial charge in [0, 0.05) is 6.54 Å². The SMILES string of the molecule is CC(C)(C)OC(=O)N(CC(=O)O)Cc1ccc2c(c1)OCO2. The normalized spacial score (nSPS) is 12.9. The van der Waals surface area contributed by atoms with Crippen LogP contribution in [0.1, 0.15) is 26.3 Å². The molecule has 0 aromatic heterocycles. The molecule has 0 atom stereocenters. The van der Waals surface area contributed by atoms with E-state index < -0.39 is 24.2 Å². The molecule has 1 aliphatic rings. The third-order valence-electron chi connectivity index (χ3n) is 2.79. The van der Waals surface area contributed by atoms with E-state index in [4.69, 9.17) is 19.3 Å². The van der Waals surface area contributed by atoms with Crippen molar-refractivity contribution in [2.75, 3.05) is 13.3 Å². The first-order valence-corrected chi connectivity index (χ1v) is 6.83. The monoisotopic (exact) mass is 309 g/mol. The first-order chi connectivity index (χ1) is 10.2. The molecule has 1 N–H and O–H groups in total. The fourth-order valence-electron chi connectivity index (χ4n) is 1.93. The van der Waals surface area contributed by atoms with Crippen molar-refractivity contribution in [1.29, 1.82) is 0 Å². The number of ether oxygens (including phenoxy) is 3. The maximum Gasteiger partial charge on any atom is 0.411 e. The number of fused-ring (bicyclic) bond motifs is 1. The second-order valence-corrected chi connectivity index (χ2v) is 5.92. The van der Waals surface area contributed by atoms with Crippen molar-refractivity contribution in [1.82, 2.24) is 4.90 Å². The quantitative estimate of drug-likeness (QED) is 0.918. The molecule has 0 unspecified atom stereocenters. The third kappa shape index (κ3) is 4.28. The molecule has 0 radical (unpaired) electrons. The van der Waals surface area contributed by atoms with Crippen LogP contribution < -0.4 is 9.47 Å². The molecule has 0 fully saturated rings. The van der Waals surface area contributed by atoms with Crippen LogP contribution in [0.4, 0.5) is 4.79 Å². The molecule has 0 saturated carbocycles. The Morgan fingerprint density at radius 3 is 2.59 bits per heavy atom. The Morgan fingerprint density at radius 1 is 1.27 bits per heavy atom. The van der Waals surface area contributed by atoms with Crippen molar-refractivity contribution in [3.05, 3.63) is 23.8 Å². The van der Waals surface area contributed by atoms with Crippen LogP contribution in [0, 0.1) is 0 Å². The van der Waals surface area contributed by atoms with Gasteiger partial charge >= 0.3 is 12.1 Å². The fourth-order valence-corrected chi connectivity index (χ4v) is 1.93. The van der Waals surface area contributed by atoms with E-state index >= 15 is 0 Å². The van der Waals surface area contributed by atoms with Gasteiger partial charge in [0.1, 0.15) is 12.1 Å². The average Bonchev–Trinajstić information content (AvgIpc) is 2.82. The molecule has 1 amide bonds.